The zero-order chi connectivity index (χ0) is 21.1. The first-order valence-electron chi connectivity index (χ1n) is 9.79. The Bertz CT molecular complexity index is 1100. The molecular formula is C25H21NO4. The van der Waals surface area contributed by atoms with Gasteiger partial charge < -0.3 is 10.1 Å². The Morgan fingerprint density at radius 3 is 2.37 bits per heavy atom. The van der Waals surface area contributed by atoms with Crippen molar-refractivity contribution in [1.82, 2.24) is 0 Å². The molecular weight excluding hydrogens is 378 g/mol. The molecule has 5 heteroatoms. The Labute approximate surface area is 174 Å². The van der Waals surface area contributed by atoms with Gasteiger partial charge in [-0.25, -0.2) is 0 Å². The van der Waals surface area contributed by atoms with E-state index in [-0.39, 0.29) is 30.6 Å². The van der Waals surface area contributed by atoms with Crippen LogP contribution >= 0.6 is 0 Å². The highest BCUT2D eigenvalue weighted by atomic mass is 16.5. The second kappa shape index (κ2) is 8.33. The first-order chi connectivity index (χ1) is 14.5. The highest BCUT2D eigenvalue weighted by Gasteiger charge is 2.27. The summed E-state index contributed by atoms with van der Waals surface area (Å²) in [7, 11) is 0. The third kappa shape index (κ3) is 4.15. The first kappa shape index (κ1) is 19.6. The van der Waals surface area contributed by atoms with Crippen LogP contribution in [0.15, 0.2) is 72.8 Å². The van der Waals surface area contributed by atoms with Gasteiger partial charge in [0.05, 0.1) is 12.3 Å². The number of nitrogens with one attached hydrogen (secondary N) is 1. The van der Waals surface area contributed by atoms with Gasteiger partial charge in [0.2, 0.25) is 5.91 Å². The standard InChI is InChI=1S/C25H21NO4/c1-16-21-14-20(11-12-22(21)26-25(16)29)23(27)15-30-24(28)13-17-7-9-19(10-8-17)18-5-3-2-4-6-18/h2-12,14,16H,13,15H2,1H3,(H,26,29)/t16-/m1/s1. The van der Waals surface area contributed by atoms with Crippen LogP contribution in [0.4, 0.5) is 5.69 Å². The van der Waals surface area contributed by atoms with Crippen molar-refractivity contribution in [1.29, 1.82) is 0 Å². The quantitative estimate of drug-likeness (QED) is 0.493. The fraction of sp³-hybridized carbons (Fsp3) is 0.160. The number of hydrogen-bond donors (Lipinski definition) is 1. The minimum atomic E-state index is -0.456. The Kier molecular flexibility index (Phi) is 5.44. The van der Waals surface area contributed by atoms with E-state index in [4.69, 9.17) is 4.74 Å². The fourth-order valence-corrected chi connectivity index (χ4v) is 3.48. The number of ether oxygens (including phenoxy) is 1. The zero-order valence-electron chi connectivity index (χ0n) is 16.6. The fourth-order valence-electron chi connectivity index (χ4n) is 3.48. The van der Waals surface area contributed by atoms with E-state index >= 15 is 0 Å². The summed E-state index contributed by atoms with van der Waals surface area (Å²) in [6, 6.07) is 22.7. The molecule has 3 aromatic rings. The van der Waals surface area contributed by atoms with Gasteiger partial charge in [-0.3, -0.25) is 14.4 Å². The summed E-state index contributed by atoms with van der Waals surface area (Å²) in [5.41, 5.74) is 4.94. The molecule has 1 amide bonds. The van der Waals surface area contributed by atoms with Crippen LogP contribution in [0.3, 0.4) is 0 Å². The van der Waals surface area contributed by atoms with Crippen molar-refractivity contribution < 1.29 is 19.1 Å². The normalized spacial score (nSPS) is 14.7. The van der Waals surface area contributed by atoms with Gasteiger partial charge in [0, 0.05) is 11.3 Å². The van der Waals surface area contributed by atoms with Gasteiger partial charge >= 0.3 is 5.97 Å². The summed E-state index contributed by atoms with van der Waals surface area (Å²) in [5.74, 6) is -1.13. The van der Waals surface area contributed by atoms with E-state index < -0.39 is 5.97 Å². The lowest BCUT2D eigenvalue weighted by molar-refractivity contribution is -0.141. The number of benzene rings is 3. The largest absolute Gasteiger partial charge is 0.457 e. The number of anilines is 1. The second-order valence-corrected chi connectivity index (χ2v) is 7.34. The lowest BCUT2D eigenvalue weighted by atomic mass is 9.99. The van der Waals surface area contributed by atoms with Crippen molar-refractivity contribution in [3.05, 3.63) is 89.5 Å². The van der Waals surface area contributed by atoms with Crippen molar-refractivity contribution in [2.24, 2.45) is 0 Å². The predicted molar refractivity (Wildman–Crippen MR) is 114 cm³/mol. The molecule has 30 heavy (non-hydrogen) atoms. The molecule has 1 atom stereocenters. The summed E-state index contributed by atoms with van der Waals surface area (Å²) in [6.07, 6.45) is 0.0992. The summed E-state index contributed by atoms with van der Waals surface area (Å²) >= 11 is 0. The average molecular weight is 399 g/mol. The van der Waals surface area contributed by atoms with Crippen LogP contribution in [0.1, 0.15) is 34.3 Å². The van der Waals surface area contributed by atoms with E-state index in [1.807, 2.05) is 54.6 Å². The van der Waals surface area contributed by atoms with E-state index in [1.54, 1.807) is 25.1 Å². The molecule has 0 bridgehead atoms. The van der Waals surface area contributed by atoms with Gasteiger partial charge in [0.1, 0.15) is 0 Å². The molecule has 1 aliphatic rings. The van der Waals surface area contributed by atoms with Gasteiger partial charge in [0.25, 0.3) is 0 Å². The van der Waals surface area contributed by atoms with Gasteiger partial charge in [-0.15, -0.1) is 0 Å². The van der Waals surface area contributed by atoms with Crippen molar-refractivity contribution in [2.75, 3.05) is 11.9 Å². The van der Waals surface area contributed by atoms with Crippen LogP contribution in [0.2, 0.25) is 0 Å². The molecule has 150 valence electrons. The van der Waals surface area contributed by atoms with E-state index in [2.05, 4.69) is 5.32 Å². The number of esters is 1. The molecule has 3 aromatic carbocycles. The maximum absolute atomic E-state index is 12.4. The molecule has 1 heterocycles. The van der Waals surface area contributed by atoms with E-state index in [9.17, 15) is 14.4 Å². The Morgan fingerprint density at radius 2 is 1.63 bits per heavy atom. The summed E-state index contributed by atoms with van der Waals surface area (Å²) in [5, 5.41) is 2.77. The van der Waals surface area contributed by atoms with Crippen molar-refractivity contribution in [3.63, 3.8) is 0 Å². The van der Waals surface area contributed by atoms with E-state index in [0.717, 1.165) is 27.9 Å². The highest BCUT2D eigenvalue weighted by molar-refractivity contribution is 6.05. The van der Waals surface area contributed by atoms with E-state index in [1.165, 1.54) is 0 Å². The SMILES string of the molecule is C[C@H]1C(=O)Nc2ccc(C(=O)COC(=O)Cc3ccc(-c4ccccc4)cc3)cc21. The van der Waals surface area contributed by atoms with Crippen LogP contribution < -0.4 is 5.32 Å². The number of rotatable bonds is 6. The van der Waals surface area contributed by atoms with Crippen molar-refractivity contribution >= 4 is 23.3 Å². The lowest BCUT2D eigenvalue weighted by Gasteiger charge is -2.08. The molecule has 0 aromatic heterocycles. The summed E-state index contributed by atoms with van der Waals surface area (Å²) < 4.78 is 5.17. The Balaban J connectivity index is 1.33. The molecule has 0 saturated heterocycles. The number of hydrogen-bond acceptors (Lipinski definition) is 4. The minimum Gasteiger partial charge on any atom is -0.457 e. The second-order valence-electron chi connectivity index (χ2n) is 7.34. The maximum Gasteiger partial charge on any atom is 0.310 e. The smallest absolute Gasteiger partial charge is 0.310 e. The van der Waals surface area contributed by atoms with Crippen LogP contribution in [0, 0.1) is 0 Å². The lowest BCUT2D eigenvalue weighted by Crippen LogP contribution is -2.16. The molecule has 0 spiro atoms. The third-order valence-electron chi connectivity index (χ3n) is 5.26. The number of carbonyl (C=O) groups excluding carboxylic acids is 3. The number of fused-ring (bicyclic) bond motifs is 1. The van der Waals surface area contributed by atoms with Crippen molar-refractivity contribution in [3.8, 4) is 11.1 Å². The molecule has 0 radical (unpaired) electrons. The van der Waals surface area contributed by atoms with Gasteiger partial charge in [-0.2, -0.15) is 0 Å². The average Bonchev–Trinajstić information content (AvgIpc) is 3.06. The predicted octanol–water partition coefficient (Wildman–Crippen LogP) is 4.38. The van der Waals surface area contributed by atoms with Crippen LogP contribution in [0.25, 0.3) is 11.1 Å². The Hall–Kier alpha value is -3.73. The van der Waals surface area contributed by atoms with Gasteiger partial charge in [0.15, 0.2) is 12.4 Å². The molecule has 1 aliphatic heterocycles. The number of carbonyl (C=O) groups is 3. The topological polar surface area (TPSA) is 72.5 Å². The van der Waals surface area contributed by atoms with Crippen molar-refractivity contribution in [2.45, 2.75) is 19.3 Å². The van der Waals surface area contributed by atoms with Gasteiger partial charge in [-0.1, -0.05) is 54.6 Å². The summed E-state index contributed by atoms with van der Waals surface area (Å²) in [6.45, 7) is 1.47. The zero-order valence-corrected chi connectivity index (χ0v) is 16.6. The molecule has 0 aliphatic carbocycles. The monoisotopic (exact) mass is 399 g/mol. The molecule has 0 unspecified atom stereocenters. The summed E-state index contributed by atoms with van der Waals surface area (Å²) in [4.78, 5) is 36.3. The molecule has 5 nitrogen and oxygen atoms in total. The Morgan fingerprint density at radius 1 is 0.933 bits per heavy atom. The molecule has 0 fully saturated rings. The number of ketones is 1. The molecule has 4 rings (SSSR count). The number of amides is 1. The maximum atomic E-state index is 12.4. The van der Waals surface area contributed by atoms with E-state index in [0.29, 0.717) is 5.56 Å². The van der Waals surface area contributed by atoms with Gasteiger partial charge in [-0.05, 0) is 47.4 Å². The third-order valence-corrected chi connectivity index (χ3v) is 5.26. The van der Waals surface area contributed by atoms with Crippen LogP contribution in [-0.4, -0.2) is 24.3 Å². The van der Waals surface area contributed by atoms with Crippen LogP contribution in [-0.2, 0) is 20.7 Å². The molecule has 1 N–H and O–H groups in total. The molecule has 0 saturated carbocycles. The minimum absolute atomic E-state index is 0.0840. The number of Topliss-reactive ketones (excluding diaryl/α,β-unsaturated/α-hetero) is 1. The van der Waals surface area contributed by atoms with Crippen LogP contribution in [0.5, 0.6) is 0 Å². The highest BCUT2D eigenvalue weighted by Crippen LogP contribution is 2.32. The first-order valence-corrected chi connectivity index (χ1v) is 9.79.